The van der Waals surface area contributed by atoms with Crippen molar-refractivity contribution in [2.45, 2.75) is 303 Å². The van der Waals surface area contributed by atoms with Gasteiger partial charge >= 0.3 is 17.9 Å². The molecule has 66 heavy (non-hydrogen) atoms. The molecule has 0 bridgehead atoms. The van der Waals surface area contributed by atoms with Gasteiger partial charge in [-0.3, -0.25) is 14.4 Å². The second-order valence-electron chi connectivity index (χ2n) is 19.2. The van der Waals surface area contributed by atoms with Gasteiger partial charge in [-0.2, -0.15) is 0 Å². The molecule has 0 aromatic rings. The van der Waals surface area contributed by atoms with Gasteiger partial charge in [-0.15, -0.1) is 0 Å². The van der Waals surface area contributed by atoms with Gasteiger partial charge in [0.2, 0.25) is 0 Å². The Kier molecular flexibility index (Phi) is 52.8. The molecule has 0 heterocycles. The number of hydrogen-bond donors (Lipinski definition) is 0. The molecular weight excluding hydrogens is 817 g/mol. The Hall–Kier alpha value is -2.63. The van der Waals surface area contributed by atoms with Crippen molar-refractivity contribution in [1.82, 2.24) is 0 Å². The molecule has 0 rings (SSSR count). The Morgan fingerprint density at radius 1 is 0.318 bits per heavy atom. The quantitative estimate of drug-likeness (QED) is 0.0199. The van der Waals surface area contributed by atoms with E-state index >= 15 is 0 Å². The van der Waals surface area contributed by atoms with E-state index in [-0.39, 0.29) is 31.1 Å². The molecule has 0 aliphatic heterocycles. The Labute approximate surface area is 409 Å². The molecule has 0 amide bonds. The van der Waals surface area contributed by atoms with E-state index in [4.69, 9.17) is 14.2 Å². The van der Waals surface area contributed by atoms with Crippen LogP contribution < -0.4 is 0 Å². The van der Waals surface area contributed by atoms with Crippen LogP contribution in [-0.4, -0.2) is 37.2 Å². The molecular formula is C60H108O6. The standard InChI is InChI=1S/C60H108O6/c1-4-7-10-13-16-19-22-25-27-29-31-32-35-38-41-44-47-50-53-59(62)65-56-57(55-64-58(61)52-49-46-43-40-37-34-24-21-18-15-12-9-6-3)66-60(63)54-51-48-45-42-39-36-33-30-28-26-23-20-17-14-11-8-5-2/h9,12,15,18,21,24,26,28,57H,4-8,10-11,13-14,16-17,19-20,22-23,25,27,29-56H2,1-3H3/b12-9+,18-15+,24-21+,28-26+. The number of allylic oxidation sites excluding steroid dienone is 8. The smallest absolute Gasteiger partial charge is 0.306 e. The summed E-state index contributed by atoms with van der Waals surface area (Å²) in [5.74, 6) is -0.890. The molecule has 0 saturated carbocycles. The minimum Gasteiger partial charge on any atom is -0.462 e. The minimum atomic E-state index is -0.781. The summed E-state index contributed by atoms with van der Waals surface area (Å²) in [5, 5.41) is 0. The van der Waals surface area contributed by atoms with E-state index in [0.29, 0.717) is 19.3 Å². The van der Waals surface area contributed by atoms with E-state index in [1.54, 1.807) is 0 Å². The molecule has 1 unspecified atom stereocenters. The van der Waals surface area contributed by atoms with Crippen LogP contribution in [0.25, 0.3) is 0 Å². The van der Waals surface area contributed by atoms with E-state index < -0.39 is 6.10 Å². The average molecular weight is 926 g/mol. The predicted octanol–water partition coefficient (Wildman–Crippen LogP) is 19.0. The van der Waals surface area contributed by atoms with E-state index in [9.17, 15) is 14.4 Å². The fourth-order valence-corrected chi connectivity index (χ4v) is 8.32. The molecule has 0 radical (unpaired) electrons. The molecule has 0 saturated heterocycles. The van der Waals surface area contributed by atoms with Gasteiger partial charge in [0.25, 0.3) is 0 Å². The van der Waals surface area contributed by atoms with E-state index in [2.05, 4.69) is 69.4 Å². The van der Waals surface area contributed by atoms with E-state index in [1.807, 2.05) is 0 Å². The summed E-state index contributed by atoms with van der Waals surface area (Å²) in [4.78, 5) is 38.1. The van der Waals surface area contributed by atoms with E-state index in [0.717, 1.165) is 83.5 Å². The summed E-state index contributed by atoms with van der Waals surface area (Å²) >= 11 is 0. The molecule has 1 atom stereocenters. The highest BCUT2D eigenvalue weighted by molar-refractivity contribution is 5.71. The molecule has 0 aromatic carbocycles. The molecule has 0 aliphatic rings. The first-order valence-corrected chi connectivity index (χ1v) is 28.7. The number of ether oxygens (including phenoxy) is 3. The van der Waals surface area contributed by atoms with Crippen LogP contribution in [0, 0.1) is 0 Å². The highest BCUT2D eigenvalue weighted by atomic mass is 16.6. The maximum atomic E-state index is 12.8. The molecule has 0 fully saturated rings. The van der Waals surface area contributed by atoms with Crippen molar-refractivity contribution in [3.63, 3.8) is 0 Å². The summed E-state index contributed by atoms with van der Waals surface area (Å²) in [6.45, 7) is 6.52. The van der Waals surface area contributed by atoms with Crippen LogP contribution in [0.5, 0.6) is 0 Å². The molecule has 6 nitrogen and oxygen atoms in total. The fraction of sp³-hybridized carbons (Fsp3) is 0.817. The van der Waals surface area contributed by atoms with Crippen molar-refractivity contribution >= 4 is 17.9 Å². The largest absolute Gasteiger partial charge is 0.462 e. The van der Waals surface area contributed by atoms with Gasteiger partial charge in [0.1, 0.15) is 13.2 Å². The minimum absolute atomic E-state index is 0.0786. The topological polar surface area (TPSA) is 78.9 Å². The maximum absolute atomic E-state index is 12.8. The van der Waals surface area contributed by atoms with Gasteiger partial charge in [-0.1, -0.05) is 262 Å². The molecule has 0 spiro atoms. The fourth-order valence-electron chi connectivity index (χ4n) is 8.32. The number of unbranched alkanes of at least 4 members (excludes halogenated alkanes) is 35. The van der Waals surface area contributed by atoms with Crippen LogP contribution in [0.15, 0.2) is 48.6 Å². The SMILES string of the molecule is CC/C=C/C=C/C=C/CCCCCCCC(=O)OCC(COC(=O)CCCCCCCCCCCCCCCCCCCC)OC(=O)CCCCCCCCC/C=C/CCCCCCCC. The van der Waals surface area contributed by atoms with E-state index in [1.165, 1.54) is 173 Å². The maximum Gasteiger partial charge on any atom is 0.306 e. The van der Waals surface area contributed by atoms with Crippen molar-refractivity contribution in [3.05, 3.63) is 48.6 Å². The number of carbonyl (C=O) groups is 3. The first kappa shape index (κ1) is 63.4. The molecule has 384 valence electrons. The Bertz CT molecular complexity index is 1150. The van der Waals surface area contributed by atoms with Crippen molar-refractivity contribution in [1.29, 1.82) is 0 Å². The third-order valence-corrected chi connectivity index (χ3v) is 12.6. The Morgan fingerprint density at radius 2 is 0.606 bits per heavy atom. The third kappa shape index (κ3) is 52.3. The number of rotatable bonds is 52. The van der Waals surface area contributed by atoms with Gasteiger partial charge in [0.15, 0.2) is 6.10 Å². The summed E-state index contributed by atoms with van der Waals surface area (Å²) in [5.41, 5.74) is 0. The molecule has 0 aliphatic carbocycles. The van der Waals surface area contributed by atoms with Crippen LogP contribution >= 0.6 is 0 Å². The predicted molar refractivity (Wildman–Crippen MR) is 284 cm³/mol. The first-order chi connectivity index (χ1) is 32.5. The van der Waals surface area contributed by atoms with Gasteiger partial charge < -0.3 is 14.2 Å². The molecule has 6 heteroatoms. The summed E-state index contributed by atoms with van der Waals surface area (Å²) in [7, 11) is 0. The van der Waals surface area contributed by atoms with Crippen molar-refractivity contribution in [2.24, 2.45) is 0 Å². The second kappa shape index (κ2) is 55.0. The number of esters is 3. The first-order valence-electron chi connectivity index (χ1n) is 28.7. The zero-order valence-electron chi connectivity index (χ0n) is 44.0. The lowest BCUT2D eigenvalue weighted by Gasteiger charge is -2.18. The number of carbonyl (C=O) groups excluding carboxylic acids is 3. The Morgan fingerprint density at radius 3 is 0.955 bits per heavy atom. The molecule has 0 N–H and O–H groups in total. The van der Waals surface area contributed by atoms with Gasteiger partial charge in [0.05, 0.1) is 0 Å². The van der Waals surface area contributed by atoms with Crippen LogP contribution in [0.4, 0.5) is 0 Å². The summed E-state index contributed by atoms with van der Waals surface area (Å²) in [6, 6.07) is 0. The highest BCUT2D eigenvalue weighted by Gasteiger charge is 2.19. The van der Waals surface area contributed by atoms with Gasteiger partial charge in [-0.25, -0.2) is 0 Å². The third-order valence-electron chi connectivity index (χ3n) is 12.6. The lowest BCUT2D eigenvalue weighted by Crippen LogP contribution is -2.30. The zero-order valence-corrected chi connectivity index (χ0v) is 44.0. The van der Waals surface area contributed by atoms with Crippen LogP contribution in [0.3, 0.4) is 0 Å². The number of hydrogen-bond acceptors (Lipinski definition) is 6. The lowest BCUT2D eigenvalue weighted by molar-refractivity contribution is -0.167. The van der Waals surface area contributed by atoms with Gasteiger partial charge in [-0.05, 0) is 64.2 Å². The summed E-state index contributed by atoms with van der Waals surface area (Å²) < 4.78 is 16.9. The normalized spacial score (nSPS) is 12.3. The Balaban J connectivity index is 4.35. The lowest BCUT2D eigenvalue weighted by atomic mass is 10.0. The molecule has 0 aromatic heterocycles. The van der Waals surface area contributed by atoms with Crippen LogP contribution in [-0.2, 0) is 28.6 Å². The average Bonchev–Trinajstić information content (AvgIpc) is 3.31. The highest BCUT2D eigenvalue weighted by Crippen LogP contribution is 2.16. The van der Waals surface area contributed by atoms with Gasteiger partial charge in [0, 0.05) is 19.3 Å². The van der Waals surface area contributed by atoms with Crippen molar-refractivity contribution in [3.8, 4) is 0 Å². The zero-order chi connectivity index (χ0) is 47.9. The van der Waals surface area contributed by atoms with Crippen molar-refractivity contribution in [2.75, 3.05) is 13.2 Å². The van der Waals surface area contributed by atoms with Crippen LogP contribution in [0.1, 0.15) is 297 Å². The van der Waals surface area contributed by atoms with Crippen molar-refractivity contribution < 1.29 is 28.6 Å². The second-order valence-corrected chi connectivity index (χ2v) is 19.2. The monoisotopic (exact) mass is 925 g/mol. The van der Waals surface area contributed by atoms with Crippen LogP contribution in [0.2, 0.25) is 0 Å². The summed E-state index contributed by atoms with van der Waals surface area (Å²) in [6.07, 6.45) is 66.7.